The van der Waals surface area contributed by atoms with Crippen molar-refractivity contribution in [2.45, 2.75) is 6.04 Å². The van der Waals surface area contributed by atoms with Gasteiger partial charge in [0.15, 0.2) is 0 Å². The summed E-state index contributed by atoms with van der Waals surface area (Å²) < 4.78 is 0. The summed E-state index contributed by atoms with van der Waals surface area (Å²) in [5.41, 5.74) is 6.95. The molecule has 0 spiro atoms. The standard InChI is InChI=1S/C17H14N4O2S/c18-15(22)14(11-6-2-1-3-7-11)21-16(23)13-10-24-17(20-13)12-8-4-5-9-19-12/h1-10,14H,(H2,18,22)(H,21,23). The number of carbonyl (C=O) groups excluding carboxylic acids is 2. The van der Waals surface area contributed by atoms with Gasteiger partial charge in [-0.05, 0) is 17.7 Å². The van der Waals surface area contributed by atoms with Crippen molar-refractivity contribution in [1.29, 1.82) is 0 Å². The highest BCUT2D eigenvalue weighted by Gasteiger charge is 2.22. The lowest BCUT2D eigenvalue weighted by Crippen LogP contribution is -2.37. The van der Waals surface area contributed by atoms with Gasteiger partial charge in [0.2, 0.25) is 5.91 Å². The molecule has 0 aliphatic carbocycles. The fourth-order valence-corrected chi connectivity index (χ4v) is 2.93. The molecule has 0 saturated carbocycles. The van der Waals surface area contributed by atoms with Crippen molar-refractivity contribution in [1.82, 2.24) is 15.3 Å². The SMILES string of the molecule is NC(=O)C(NC(=O)c1csc(-c2ccccn2)n1)c1ccccc1. The predicted octanol–water partition coefficient (Wildman–Crippen LogP) is 2.16. The van der Waals surface area contributed by atoms with Gasteiger partial charge in [-0.2, -0.15) is 0 Å². The van der Waals surface area contributed by atoms with Gasteiger partial charge in [0.05, 0.1) is 5.69 Å². The topological polar surface area (TPSA) is 98.0 Å². The van der Waals surface area contributed by atoms with Crippen molar-refractivity contribution in [3.63, 3.8) is 0 Å². The first-order valence-corrected chi connectivity index (χ1v) is 8.05. The number of benzene rings is 1. The van der Waals surface area contributed by atoms with Gasteiger partial charge in [-0.15, -0.1) is 11.3 Å². The van der Waals surface area contributed by atoms with E-state index in [2.05, 4.69) is 15.3 Å². The molecule has 0 saturated heterocycles. The molecular formula is C17H14N4O2S. The van der Waals surface area contributed by atoms with Gasteiger partial charge in [-0.25, -0.2) is 4.98 Å². The third kappa shape index (κ3) is 3.47. The molecule has 0 radical (unpaired) electrons. The molecule has 2 amide bonds. The summed E-state index contributed by atoms with van der Waals surface area (Å²) in [4.78, 5) is 32.5. The van der Waals surface area contributed by atoms with E-state index in [9.17, 15) is 9.59 Å². The van der Waals surface area contributed by atoms with Gasteiger partial charge in [-0.3, -0.25) is 14.6 Å². The van der Waals surface area contributed by atoms with E-state index in [0.717, 1.165) is 0 Å². The Labute approximate surface area is 142 Å². The van der Waals surface area contributed by atoms with E-state index in [1.54, 1.807) is 35.8 Å². The minimum atomic E-state index is -0.904. The molecule has 0 fully saturated rings. The minimum absolute atomic E-state index is 0.225. The highest BCUT2D eigenvalue weighted by atomic mass is 32.1. The van der Waals surface area contributed by atoms with E-state index in [-0.39, 0.29) is 5.69 Å². The molecule has 2 aromatic heterocycles. The van der Waals surface area contributed by atoms with Gasteiger partial charge >= 0.3 is 0 Å². The highest BCUT2D eigenvalue weighted by Crippen LogP contribution is 2.22. The molecule has 3 rings (SSSR count). The molecule has 1 aromatic carbocycles. The first-order valence-electron chi connectivity index (χ1n) is 7.17. The number of aromatic nitrogens is 2. The summed E-state index contributed by atoms with van der Waals surface area (Å²) in [6.45, 7) is 0. The maximum absolute atomic E-state index is 12.4. The molecule has 3 N–H and O–H groups in total. The lowest BCUT2D eigenvalue weighted by molar-refractivity contribution is -0.120. The quantitative estimate of drug-likeness (QED) is 0.745. The van der Waals surface area contributed by atoms with Crippen molar-refractivity contribution < 1.29 is 9.59 Å². The molecule has 7 heteroatoms. The van der Waals surface area contributed by atoms with Crippen molar-refractivity contribution in [2.75, 3.05) is 0 Å². The van der Waals surface area contributed by atoms with Gasteiger partial charge < -0.3 is 11.1 Å². The number of nitrogens with one attached hydrogen (secondary N) is 1. The predicted molar refractivity (Wildman–Crippen MR) is 91.2 cm³/mol. The second-order valence-corrected chi connectivity index (χ2v) is 5.83. The Kier molecular flexibility index (Phi) is 4.62. The molecule has 3 aromatic rings. The summed E-state index contributed by atoms with van der Waals surface area (Å²) in [6.07, 6.45) is 1.66. The zero-order chi connectivity index (χ0) is 16.9. The fraction of sp³-hybridized carbons (Fsp3) is 0.0588. The van der Waals surface area contributed by atoms with E-state index in [1.807, 2.05) is 24.3 Å². The first-order chi connectivity index (χ1) is 11.6. The van der Waals surface area contributed by atoms with E-state index >= 15 is 0 Å². The van der Waals surface area contributed by atoms with E-state index in [0.29, 0.717) is 16.3 Å². The number of nitrogens with zero attached hydrogens (tertiary/aromatic N) is 2. The maximum atomic E-state index is 12.4. The number of thiazole rings is 1. The normalized spacial score (nSPS) is 11.7. The Morgan fingerprint density at radius 1 is 1.08 bits per heavy atom. The number of hydrogen-bond donors (Lipinski definition) is 2. The van der Waals surface area contributed by atoms with Crippen LogP contribution in [-0.2, 0) is 4.79 Å². The Balaban J connectivity index is 1.79. The monoisotopic (exact) mass is 338 g/mol. The Morgan fingerprint density at radius 3 is 2.50 bits per heavy atom. The third-order valence-electron chi connectivity index (χ3n) is 3.31. The summed E-state index contributed by atoms with van der Waals surface area (Å²) in [5.74, 6) is -1.09. The first kappa shape index (κ1) is 15.8. The van der Waals surface area contributed by atoms with Crippen LogP contribution in [0.15, 0.2) is 60.1 Å². The summed E-state index contributed by atoms with van der Waals surface area (Å²) in [7, 11) is 0. The largest absolute Gasteiger partial charge is 0.368 e. The fourth-order valence-electron chi connectivity index (χ4n) is 2.15. The second-order valence-electron chi connectivity index (χ2n) is 4.97. The van der Waals surface area contributed by atoms with Crippen LogP contribution in [0.25, 0.3) is 10.7 Å². The van der Waals surface area contributed by atoms with Crippen molar-refractivity contribution in [3.05, 3.63) is 71.4 Å². The van der Waals surface area contributed by atoms with Crippen LogP contribution in [0.3, 0.4) is 0 Å². The number of carbonyl (C=O) groups is 2. The molecule has 0 aliphatic rings. The lowest BCUT2D eigenvalue weighted by Gasteiger charge is -2.14. The summed E-state index contributed by atoms with van der Waals surface area (Å²) in [6, 6.07) is 13.4. The van der Waals surface area contributed by atoms with Gasteiger partial charge in [0.25, 0.3) is 5.91 Å². The number of pyridine rings is 1. The van der Waals surface area contributed by atoms with Crippen molar-refractivity contribution in [2.24, 2.45) is 5.73 Å². The number of rotatable bonds is 5. The average Bonchev–Trinajstić information content (AvgIpc) is 3.11. The summed E-state index contributed by atoms with van der Waals surface area (Å²) >= 11 is 1.31. The molecule has 2 heterocycles. The molecule has 6 nitrogen and oxygen atoms in total. The number of primary amides is 1. The van der Waals surface area contributed by atoms with Crippen LogP contribution in [0.5, 0.6) is 0 Å². The van der Waals surface area contributed by atoms with Gasteiger partial charge in [-0.1, -0.05) is 36.4 Å². The van der Waals surface area contributed by atoms with Crippen LogP contribution in [0.1, 0.15) is 22.1 Å². The van der Waals surface area contributed by atoms with Crippen LogP contribution in [0, 0.1) is 0 Å². The minimum Gasteiger partial charge on any atom is -0.368 e. The Hall–Kier alpha value is -3.06. The molecule has 120 valence electrons. The van der Waals surface area contributed by atoms with Crippen LogP contribution in [-0.4, -0.2) is 21.8 Å². The van der Waals surface area contributed by atoms with E-state index in [4.69, 9.17) is 5.73 Å². The molecule has 24 heavy (non-hydrogen) atoms. The molecule has 1 atom stereocenters. The Morgan fingerprint density at radius 2 is 1.83 bits per heavy atom. The molecule has 1 unspecified atom stereocenters. The smallest absolute Gasteiger partial charge is 0.271 e. The number of amides is 2. The number of nitrogens with two attached hydrogens (primary N) is 1. The van der Waals surface area contributed by atoms with Crippen LogP contribution >= 0.6 is 11.3 Å². The maximum Gasteiger partial charge on any atom is 0.271 e. The van der Waals surface area contributed by atoms with E-state index < -0.39 is 17.9 Å². The summed E-state index contributed by atoms with van der Waals surface area (Å²) in [5, 5.41) is 4.89. The third-order valence-corrected chi connectivity index (χ3v) is 4.18. The van der Waals surface area contributed by atoms with Gasteiger partial charge in [0, 0.05) is 11.6 Å². The highest BCUT2D eigenvalue weighted by molar-refractivity contribution is 7.13. The second kappa shape index (κ2) is 7.01. The van der Waals surface area contributed by atoms with Crippen LogP contribution in [0.2, 0.25) is 0 Å². The Bertz CT molecular complexity index is 849. The molecule has 0 bridgehead atoms. The number of hydrogen-bond acceptors (Lipinski definition) is 5. The lowest BCUT2D eigenvalue weighted by atomic mass is 10.1. The average molecular weight is 338 g/mol. The molecule has 0 aliphatic heterocycles. The molecular weight excluding hydrogens is 324 g/mol. The van der Waals surface area contributed by atoms with Crippen molar-refractivity contribution >= 4 is 23.2 Å². The van der Waals surface area contributed by atoms with Crippen molar-refractivity contribution in [3.8, 4) is 10.7 Å². The van der Waals surface area contributed by atoms with Crippen LogP contribution in [0.4, 0.5) is 0 Å². The zero-order valence-electron chi connectivity index (χ0n) is 12.5. The zero-order valence-corrected chi connectivity index (χ0v) is 13.4. The van der Waals surface area contributed by atoms with Gasteiger partial charge in [0.1, 0.15) is 16.7 Å². The van der Waals surface area contributed by atoms with E-state index in [1.165, 1.54) is 11.3 Å². The van der Waals surface area contributed by atoms with Crippen LogP contribution < -0.4 is 11.1 Å².